The summed E-state index contributed by atoms with van der Waals surface area (Å²) in [6.45, 7) is -0.621. The minimum Gasteiger partial charge on any atom is -0.456 e. The summed E-state index contributed by atoms with van der Waals surface area (Å²) in [5.41, 5.74) is 0.261. The maximum atomic E-state index is 13.1. The summed E-state index contributed by atoms with van der Waals surface area (Å²) < 4.78 is 17.9. The highest BCUT2D eigenvalue weighted by Gasteiger charge is 2.46. The van der Waals surface area contributed by atoms with E-state index in [-0.39, 0.29) is 47.3 Å². The van der Waals surface area contributed by atoms with Crippen LogP contribution in [0.5, 0.6) is 0 Å². The lowest BCUT2D eigenvalue weighted by molar-refractivity contribution is -0.148. The van der Waals surface area contributed by atoms with Crippen molar-refractivity contribution in [2.45, 2.75) is 19.3 Å². The van der Waals surface area contributed by atoms with Crippen LogP contribution in [0, 0.1) is 17.7 Å². The third-order valence-electron chi connectivity index (χ3n) is 4.71. The zero-order chi connectivity index (χ0) is 20.3. The fourth-order valence-corrected chi connectivity index (χ4v) is 3.46. The minimum absolute atomic E-state index is 0.0707. The lowest BCUT2D eigenvalue weighted by atomic mass is 9.85. The molecule has 1 saturated heterocycles. The molecule has 0 radical (unpaired) electrons. The molecule has 7 nitrogen and oxygen atoms in total. The number of allylic oxidation sites excluding steroid dienone is 2. The summed E-state index contributed by atoms with van der Waals surface area (Å²) in [5, 5.41) is 2.27. The number of hydrogen-bond donors (Lipinski definition) is 1. The summed E-state index contributed by atoms with van der Waals surface area (Å²) in [4.78, 5) is 49.3. The molecule has 28 heavy (non-hydrogen) atoms. The molecule has 1 fully saturated rings. The molecule has 0 aromatic heterocycles. The summed E-state index contributed by atoms with van der Waals surface area (Å²) >= 11 is 5.62. The molecule has 1 aromatic carbocycles. The second kappa shape index (κ2) is 8.52. The van der Waals surface area contributed by atoms with Crippen LogP contribution in [-0.2, 0) is 23.9 Å². The molecule has 2 aliphatic rings. The number of amides is 3. The first-order chi connectivity index (χ1) is 13.4. The summed E-state index contributed by atoms with van der Waals surface area (Å²) in [5.74, 6) is -3.17. The predicted octanol–water partition coefficient (Wildman–Crippen LogP) is 2.30. The number of anilines is 1. The number of esters is 1. The highest BCUT2D eigenvalue weighted by Crippen LogP contribution is 2.35. The van der Waals surface area contributed by atoms with E-state index in [0.29, 0.717) is 12.8 Å². The molecule has 0 unspecified atom stereocenters. The van der Waals surface area contributed by atoms with Gasteiger partial charge >= 0.3 is 5.97 Å². The second-order valence-electron chi connectivity index (χ2n) is 6.57. The van der Waals surface area contributed by atoms with Gasteiger partial charge in [0.2, 0.25) is 11.8 Å². The Bertz CT molecular complexity index is 831. The molecule has 3 amide bonds. The van der Waals surface area contributed by atoms with E-state index < -0.39 is 24.3 Å². The first-order valence-electron chi connectivity index (χ1n) is 8.77. The van der Waals surface area contributed by atoms with Crippen molar-refractivity contribution in [2.24, 2.45) is 11.8 Å². The first-order valence-corrected chi connectivity index (χ1v) is 9.15. The Morgan fingerprint density at radius 3 is 2.43 bits per heavy atom. The number of halogens is 2. The molecule has 0 bridgehead atoms. The quantitative estimate of drug-likeness (QED) is 0.443. The van der Waals surface area contributed by atoms with Crippen LogP contribution in [-0.4, -0.2) is 41.7 Å². The molecule has 3 rings (SSSR count). The zero-order valence-corrected chi connectivity index (χ0v) is 15.6. The number of nitrogens with zero attached hydrogens (tertiary/aromatic N) is 1. The largest absolute Gasteiger partial charge is 0.456 e. The van der Waals surface area contributed by atoms with E-state index in [4.69, 9.17) is 16.3 Å². The highest BCUT2D eigenvalue weighted by atomic mass is 35.5. The number of likely N-dealkylation sites (tertiary alicyclic amines) is 1. The molecule has 9 heteroatoms. The molecule has 1 heterocycles. The van der Waals surface area contributed by atoms with Crippen molar-refractivity contribution in [1.82, 2.24) is 4.90 Å². The van der Waals surface area contributed by atoms with Crippen LogP contribution >= 0.6 is 11.6 Å². The molecule has 1 aromatic rings. The fraction of sp³-hybridized carbons (Fsp3) is 0.368. The smallest absolute Gasteiger partial charge is 0.308 e. The second-order valence-corrected chi connectivity index (χ2v) is 6.98. The molecule has 1 aliphatic carbocycles. The molecular weight excluding hydrogens is 391 g/mol. The Hall–Kier alpha value is -2.74. The van der Waals surface area contributed by atoms with Gasteiger partial charge in [0.1, 0.15) is 5.82 Å². The van der Waals surface area contributed by atoms with Gasteiger partial charge in [0.15, 0.2) is 6.61 Å². The SMILES string of the molecule is O=C(COC(=O)CCN1C(=O)[C@@H]2CC=CC[C@H]2C1=O)Nc1ccc(F)c(Cl)c1. The highest BCUT2D eigenvalue weighted by molar-refractivity contribution is 6.31. The van der Waals surface area contributed by atoms with Gasteiger partial charge in [-0.3, -0.25) is 24.1 Å². The monoisotopic (exact) mass is 408 g/mol. The maximum Gasteiger partial charge on any atom is 0.308 e. The topological polar surface area (TPSA) is 92.8 Å². The Kier molecular flexibility index (Phi) is 6.08. The molecule has 0 saturated carbocycles. The van der Waals surface area contributed by atoms with E-state index >= 15 is 0 Å². The van der Waals surface area contributed by atoms with Crippen molar-refractivity contribution in [2.75, 3.05) is 18.5 Å². The van der Waals surface area contributed by atoms with Crippen LogP contribution in [0.2, 0.25) is 5.02 Å². The Balaban J connectivity index is 1.43. The number of fused-ring (bicyclic) bond motifs is 1. The predicted molar refractivity (Wildman–Crippen MR) is 97.7 cm³/mol. The van der Waals surface area contributed by atoms with Gasteiger partial charge in [-0.25, -0.2) is 4.39 Å². The van der Waals surface area contributed by atoms with E-state index in [1.165, 1.54) is 12.1 Å². The van der Waals surface area contributed by atoms with Gasteiger partial charge in [0.25, 0.3) is 5.91 Å². The van der Waals surface area contributed by atoms with Gasteiger partial charge in [-0.05, 0) is 31.0 Å². The number of carbonyl (C=O) groups is 4. The number of ether oxygens (including phenoxy) is 1. The Morgan fingerprint density at radius 1 is 1.18 bits per heavy atom. The molecular formula is C19H18ClFN2O5. The Morgan fingerprint density at radius 2 is 1.82 bits per heavy atom. The van der Waals surface area contributed by atoms with E-state index in [1.54, 1.807) is 0 Å². The minimum atomic E-state index is -0.708. The molecule has 1 aliphatic heterocycles. The number of benzene rings is 1. The van der Waals surface area contributed by atoms with Crippen molar-refractivity contribution in [3.63, 3.8) is 0 Å². The van der Waals surface area contributed by atoms with Crippen LogP contribution < -0.4 is 5.32 Å². The average Bonchev–Trinajstić information content (AvgIpc) is 2.92. The van der Waals surface area contributed by atoms with E-state index in [9.17, 15) is 23.6 Å². The maximum absolute atomic E-state index is 13.1. The summed E-state index contributed by atoms with van der Waals surface area (Å²) in [7, 11) is 0. The van der Waals surface area contributed by atoms with Crippen molar-refractivity contribution in [3.05, 3.63) is 41.2 Å². The van der Waals surface area contributed by atoms with Gasteiger partial charge in [0.05, 0.1) is 23.3 Å². The summed E-state index contributed by atoms with van der Waals surface area (Å²) in [6, 6.07) is 3.65. The molecule has 1 N–H and O–H groups in total. The first kappa shape index (κ1) is 20.0. The van der Waals surface area contributed by atoms with Gasteiger partial charge < -0.3 is 10.1 Å². The van der Waals surface area contributed by atoms with Crippen molar-refractivity contribution >= 4 is 41.0 Å². The lowest BCUT2D eigenvalue weighted by Crippen LogP contribution is -2.33. The van der Waals surface area contributed by atoms with Gasteiger partial charge in [0, 0.05) is 12.2 Å². The fourth-order valence-electron chi connectivity index (χ4n) is 3.28. The van der Waals surface area contributed by atoms with E-state index in [0.717, 1.165) is 11.0 Å². The van der Waals surface area contributed by atoms with Gasteiger partial charge in [-0.1, -0.05) is 23.8 Å². The van der Waals surface area contributed by atoms with Crippen LogP contribution in [0.4, 0.5) is 10.1 Å². The molecule has 2 atom stereocenters. The normalized spacial score (nSPS) is 20.9. The number of nitrogens with one attached hydrogen (secondary N) is 1. The van der Waals surface area contributed by atoms with Crippen LogP contribution in [0.15, 0.2) is 30.4 Å². The summed E-state index contributed by atoms with van der Waals surface area (Å²) in [6.07, 6.45) is 4.64. The average molecular weight is 409 g/mol. The zero-order valence-electron chi connectivity index (χ0n) is 14.8. The van der Waals surface area contributed by atoms with Crippen molar-refractivity contribution in [3.8, 4) is 0 Å². The third-order valence-corrected chi connectivity index (χ3v) is 5.00. The molecule has 0 spiro atoms. The number of hydrogen-bond acceptors (Lipinski definition) is 5. The number of imide groups is 1. The van der Waals surface area contributed by atoms with Crippen molar-refractivity contribution < 1.29 is 28.3 Å². The molecule has 148 valence electrons. The van der Waals surface area contributed by atoms with E-state index in [1.807, 2.05) is 12.2 Å². The number of rotatable bonds is 6. The lowest BCUT2D eigenvalue weighted by Gasteiger charge is -2.14. The van der Waals surface area contributed by atoms with Crippen molar-refractivity contribution in [1.29, 1.82) is 0 Å². The number of carbonyl (C=O) groups excluding carboxylic acids is 4. The van der Waals surface area contributed by atoms with Gasteiger partial charge in [-0.2, -0.15) is 0 Å². The van der Waals surface area contributed by atoms with Crippen LogP contribution in [0.3, 0.4) is 0 Å². The van der Waals surface area contributed by atoms with E-state index in [2.05, 4.69) is 5.32 Å². The standard InChI is InChI=1S/C19H18ClFN2O5/c20-14-9-11(5-6-15(14)21)22-16(24)10-28-17(25)7-8-23-18(26)12-3-1-2-4-13(12)19(23)27/h1-2,5-6,9,12-13H,3-4,7-8,10H2,(H,22,24)/t12-,13-/m1/s1. The Labute approximate surface area is 165 Å². The van der Waals surface area contributed by atoms with Crippen LogP contribution in [0.1, 0.15) is 19.3 Å². The van der Waals surface area contributed by atoms with Crippen LogP contribution in [0.25, 0.3) is 0 Å². The van der Waals surface area contributed by atoms with Gasteiger partial charge in [-0.15, -0.1) is 0 Å². The third kappa shape index (κ3) is 4.39.